The molecule has 0 aliphatic heterocycles. The summed E-state index contributed by atoms with van der Waals surface area (Å²) in [5.74, 6) is 0.303. The Morgan fingerprint density at radius 2 is 1.61 bits per heavy atom. The Hall–Kier alpha value is -3.99. The number of imidazole rings is 1. The molecule has 0 unspecified atom stereocenters. The Morgan fingerprint density at radius 1 is 0.871 bits per heavy atom. The standard InChI is InChI=1S/C26H20FN3O/c27-20-12-14-21(15-13-20)28-26(31)17-30-24-11-4-3-10-23(24)29-25(30)16-19-8-5-7-18-6-1-2-9-22(18)19/h1-15H,16-17H2,(H,28,31). The van der Waals surface area contributed by atoms with Crippen LogP contribution in [0, 0.1) is 5.82 Å². The zero-order chi connectivity index (χ0) is 21.2. The Kier molecular flexibility index (Phi) is 4.92. The molecule has 1 amide bonds. The zero-order valence-electron chi connectivity index (χ0n) is 16.8. The van der Waals surface area contributed by atoms with Gasteiger partial charge in [0.15, 0.2) is 0 Å². The molecule has 152 valence electrons. The number of benzene rings is 4. The number of anilines is 1. The fraction of sp³-hybridized carbons (Fsp3) is 0.0769. The average Bonchev–Trinajstić information content (AvgIpc) is 3.12. The van der Waals surface area contributed by atoms with Crippen LogP contribution in [0.4, 0.5) is 10.1 Å². The second kappa shape index (κ2) is 8.03. The van der Waals surface area contributed by atoms with E-state index in [9.17, 15) is 9.18 Å². The molecular weight excluding hydrogens is 389 g/mol. The van der Waals surface area contributed by atoms with Crippen molar-refractivity contribution in [2.24, 2.45) is 0 Å². The molecule has 0 aliphatic rings. The number of carbonyl (C=O) groups is 1. The molecule has 1 heterocycles. The van der Waals surface area contributed by atoms with Gasteiger partial charge in [-0.3, -0.25) is 4.79 Å². The molecule has 0 bridgehead atoms. The van der Waals surface area contributed by atoms with Crippen molar-refractivity contribution in [3.8, 4) is 0 Å². The second-order valence-electron chi connectivity index (χ2n) is 7.47. The highest BCUT2D eigenvalue weighted by molar-refractivity contribution is 5.92. The maximum Gasteiger partial charge on any atom is 0.244 e. The first-order valence-corrected chi connectivity index (χ1v) is 10.1. The van der Waals surface area contributed by atoms with E-state index in [0.29, 0.717) is 12.1 Å². The van der Waals surface area contributed by atoms with Gasteiger partial charge >= 0.3 is 0 Å². The Labute approximate surface area is 179 Å². The lowest BCUT2D eigenvalue weighted by molar-refractivity contribution is -0.116. The zero-order valence-corrected chi connectivity index (χ0v) is 16.8. The Morgan fingerprint density at radius 3 is 2.48 bits per heavy atom. The van der Waals surface area contributed by atoms with Crippen LogP contribution in [0.1, 0.15) is 11.4 Å². The van der Waals surface area contributed by atoms with E-state index in [-0.39, 0.29) is 18.3 Å². The van der Waals surface area contributed by atoms with E-state index < -0.39 is 0 Å². The van der Waals surface area contributed by atoms with Crippen LogP contribution in [0.25, 0.3) is 21.8 Å². The summed E-state index contributed by atoms with van der Waals surface area (Å²) in [6, 6.07) is 28.1. The minimum absolute atomic E-state index is 0.123. The van der Waals surface area contributed by atoms with Gasteiger partial charge in [0.25, 0.3) is 0 Å². The van der Waals surface area contributed by atoms with Crippen molar-refractivity contribution in [1.82, 2.24) is 9.55 Å². The molecule has 5 aromatic rings. The molecule has 1 aromatic heterocycles. The van der Waals surface area contributed by atoms with Crippen molar-refractivity contribution < 1.29 is 9.18 Å². The number of hydrogen-bond acceptors (Lipinski definition) is 2. The maximum absolute atomic E-state index is 13.1. The Balaban J connectivity index is 1.49. The van der Waals surface area contributed by atoms with E-state index in [2.05, 4.69) is 29.6 Å². The van der Waals surface area contributed by atoms with Gasteiger partial charge in [-0.05, 0) is 52.7 Å². The molecule has 0 spiro atoms. The Bertz CT molecular complexity index is 1380. The summed E-state index contributed by atoms with van der Waals surface area (Å²) in [6.07, 6.45) is 0.611. The van der Waals surface area contributed by atoms with Crippen molar-refractivity contribution in [2.45, 2.75) is 13.0 Å². The summed E-state index contributed by atoms with van der Waals surface area (Å²) in [5.41, 5.74) is 3.49. The number of hydrogen-bond donors (Lipinski definition) is 1. The van der Waals surface area contributed by atoms with Crippen molar-refractivity contribution in [1.29, 1.82) is 0 Å². The topological polar surface area (TPSA) is 46.9 Å². The molecule has 0 fully saturated rings. The highest BCUT2D eigenvalue weighted by Crippen LogP contribution is 2.24. The minimum Gasteiger partial charge on any atom is -0.325 e. The van der Waals surface area contributed by atoms with Crippen LogP contribution < -0.4 is 5.32 Å². The van der Waals surface area contributed by atoms with Crippen molar-refractivity contribution in [2.75, 3.05) is 5.32 Å². The average molecular weight is 409 g/mol. The number of rotatable bonds is 5. The van der Waals surface area contributed by atoms with E-state index >= 15 is 0 Å². The predicted octanol–water partition coefficient (Wildman–Crippen LogP) is 5.56. The predicted molar refractivity (Wildman–Crippen MR) is 122 cm³/mol. The second-order valence-corrected chi connectivity index (χ2v) is 7.47. The summed E-state index contributed by atoms with van der Waals surface area (Å²) >= 11 is 0. The summed E-state index contributed by atoms with van der Waals surface area (Å²) in [4.78, 5) is 17.6. The van der Waals surface area contributed by atoms with Crippen molar-refractivity contribution in [3.63, 3.8) is 0 Å². The monoisotopic (exact) mass is 409 g/mol. The number of carbonyl (C=O) groups excluding carboxylic acids is 1. The fourth-order valence-corrected chi connectivity index (χ4v) is 3.93. The van der Waals surface area contributed by atoms with E-state index in [4.69, 9.17) is 4.98 Å². The molecule has 0 saturated carbocycles. The molecular formula is C26H20FN3O. The van der Waals surface area contributed by atoms with Crippen LogP contribution in [0.3, 0.4) is 0 Å². The molecule has 1 N–H and O–H groups in total. The number of nitrogens with one attached hydrogen (secondary N) is 1. The number of amides is 1. The van der Waals surface area contributed by atoms with E-state index in [0.717, 1.165) is 22.4 Å². The van der Waals surface area contributed by atoms with Crippen LogP contribution >= 0.6 is 0 Å². The number of para-hydroxylation sites is 2. The van der Waals surface area contributed by atoms with E-state index in [1.54, 1.807) is 12.1 Å². The van der Waals surface area contributed by atoms with Crippen LogP contribution in [-0.4, -0.2) is 15.5 Å². The molecule has 0 atom stereocenters. The third-order valence-corrected chi connectivity index (χ3v) is 5.39. The number of nitrogens with zero attached hydrogens (tertiary/aromatic N) is 2. The lowest BCUT2D eigenvalue weighted by atomic mass is 10.0. The maximum atomic E-state index is 13.1. The molecule has 0 aliphatic carbocycles. The molecule has 0 saturated heterocycles. The van der Waals surface area contributed by atoms with Gasteiger partial charge in [-0.1, -0.05) is 54.6 Å². The smallest absolute Gasteiger partial charge is 0.244 e. The molecule has 0 radical (unpaired) electrons. The van der Waals surface area contributed by atoms with Gasteiger partial charge in [-0.2, -0.15) is 0 Å². The van der Waals surface area contributed by atoms with Gasteiger partial charge in [0.1, 0.15) is 18.2 Å². The third kappa shape index (κ3) is 3.90. The summed E-state index contributed by atoms with van der Waals surface area (Å²) < 4.78 is 15.1. The van der Waals surface area contributed by atoms with Gasteiger partial charge in [0.05, 0.1) is 11.0 Å². The first-order chi connectivity index (χ1) is 15.2. The molecule has 5 rings (SSSR count). The molecule has 4 nitrogen and oxygen atoms in total. The third-order valence-electron chi connectivity index (χ3n) is 5.39. The number of fused-ring (bicyclic) bond motifs is 2. The normalized spacial score (nSPS) is 11.1. The van der Waals surface area contributed by atoms with Gasteiger partial charge in [0.2, 0.25) is 5.91 Å². The van der Waals surface area contributed by atoms with E-state index in [1.807, 2.05) is 47.0 Å². The van der Waals surface area contributed by atoms with Crippen LogP contribution in [0.5, 0.6) is 0 Å². The van der Waals surface area contributed by atoms with Gasteiger partial charge in [-0.25, -0.2) is 9.37 Å². The summed E-state index contributed by atoms with van der Waals surface area (Å²) in [6.45, 7) is 0.123. The van der Waals surface area contributed by atoms with Crippen LogP contribution in [0.2, 0.25) is 0 Å². The lowest BCUT2D eigenvalue weighted by Crippen LogP contribution is -2.20. The minimum atomic E-state index is -0.337. The van der Waals surface area contributed by atoms with E-state index in [1.165, 1.54) is 22.9 Å². The highest BCUT2D eigenvalue weighted by atomic mass is 19.1. The van der Waals surface area contributed by atoms with Crippen LogP contribution in [-0.2, 0) is 17.8 Å². The first-order valence-electron chi connectivity index (χ1n) is 10.1. The van der Waals surface area contributed by atoms with Gasteiger partial charge in [-0.15, -0.1) is 0 Å². The fourth-order valence-electron chi connectivity index (χ4n) is 3.93. The SMILES string of the molecule is O=C(Cn1c(Cc2cccc3ccccc23)nc2ccccc21)Nc1ccc(F)cc1. The van der Waals surface area contributed by atoms with Crippen LogP contribution in [0.15, 0.2) is 91.0 Å². The lowest BCUT2D eigenvalue weighted by Gasteiger charge is -2.11. The largest absolute Gasteiger partial charge is 0.325 e. The number of halogens is 1. The first kappa shape index (κ1) is 19.0. The molecule has 31 heavy (non-hydrogen) atoms. The van der Waals surface area contributed by atoms with Gasteiger partial charge in [0, 0.05) is 12.1 Å². The quantitative estimate of drug-likeness (QED) is 0.413. The van der Waals surface area contributed by atoms with Crippen molar-refractivity contribution in [3.05, 3.63) is 108 Å². The summed E-state index contributed by atoms with van der Waals surface area (Å²) in [5, 5.41) is 5.20. The molecule has 5 heteroatoms. The highest BCUT2D eigenvalue weighted by Gasteiger charge is 2.15. The van der Waals surface area contributed by atoms with Gasteiger partial charge < -0.3 is 9.88 Å². The summed E-state index contributed by atoms with van der Waals surface area (Å²) in [7, 11) is 0. The molecule has 4 aromatic carbocycles. The van der Waals surface area contributed by atoms with Crippen molar-refractivity contribution >= 4 is 33.4 Å². The number of aromatic nitrogens is 2.